The van der Waals surface area contributed by atoms with Gasteiger partial charge in [0.05, 0.1) is 20.3 Å². The number of ether oxygens (including phenoxy) is 2. The number of benzene rings is 2. The standard InChI is InChI=1S/C26H29N3O7/c1-3-36-25(33)20(24(32)19-12-8-5-9-13-19)15-27-16-22(30)28-17-23(31)29-21(26(34)35-2)14-18-10-6-4-7-11-18/h4-13,15,21,32H,3,14,16-17H2,1-2H3,(H,28,30)(H,29,31)/b24-20+,27-15?/t21-/m0/s1. The number of aliphatic hydroxyl groups excluding tert-OH is 1. The molecule has 0 saturated heterocycles. The molecule has 2 rings (SSSR count). The molecule has 0 unspecified atom stereocenters. The lowest BCUT2D eigenvalue weighted by Gasteiger charge is -2.16. The van der Waals surface area contributed by atoms with Crippen LogP contribution in [-0.2, 0) is 35.1 Å². The maximum absolute atomic E-state index is 12.3. The molecule has 0 spiro atoms. The molecule has 0 aliphatic rings. The summed E-state index contributed by atoms with van der Waals surface area (Å²) in [4.78, 5) is 52.6. The number of carbonyl (C=O) groups is 4. The normalized spacial score (nSPS) is 12.3. The fraction of sp³-hybridized carbons (Fsp3) is 0.269. The third-order valence-electron chi connectivity index (χ3n) is 4.80. The number of hydrogen-bond donors (Lipinski definition) is 3. The Morgan fingerprint density at radius 2 is 1.64 bits per heavy atom. The van der Waals surface area contributed by atoms with E-state index in [9.17, 15) is 24.3 Å². The van der Waals surface area contributed by atoms with Crippen molar-refractivity contribution in [3.05, 3.63) is 77.4 Å². The first kappa shape index (κ1) is 27.8. The zero-order chi connectivity index (χ0) is 26.3. The van der Waals surface area contributed by atoms with Crippen LogP contribution >= 0.6 is 0 Å². The second-order valence-corrected chi connectivity index (χ2v) is 7.43. The van der Waals surface area contributed by atoms with Gasteiger partial charge in [-0.25, -0.2) is 9.59 Å². The zero-order valence-electron chi connectivity index (χ0n) is 20.1. The van der Waals surface area contributed by atoms with Gasteiger partial charge in [-0.15, -0.1) is 0 Å². The minimum atomic E-state index is -0.918. The van der Waals surface area contributed by atoms with Gasteiger partial charge in [0.25, 0.3) is 0 Å². The number of nitrogens with zero attached hydrogens (tertiary/aromatic N) is 1. The summed E-state index contributed by atoms with van der Waals surface area (Å²) in [6.45, 7) is 0.898. The van der Waals surface area contributed by atoms with Crippen molar-refractivity contribution in [2.75, 3.05) is 26.8 Å². The number of nitrogens with one attached hydrogen (secondary N) is 2. The van der Waals surface area contributed by atoms with Crippen molar-refractivity contribution in [2.45, 2.75) is 19.4 Å². The Hall–Kier alpha value is -4.47. The van der Waals surface area contributed by atoms with E-state index in [0.29, 0.717) is 5.56 Å². The molecule has 0 bridgehead atoms. The topological polar surface area (TPSA) is 143 Å². The first-order valence-electron chi connectivity index (χ1n) is 11.2. The molecule has 0 heterocycles. The molecule has 36 heavy (non-hydrogen) atoms. The van der Waals surface area contributed by atoms with Crippen LogP contribution in [0.4, 0.5) is 0 Å². The smallest absolute Gasteiger partial charge is 0.343 e. The van der Waals surface area contributed by atoms with Gasteiger partial charge in [0.15, 0.2) is 0 Å². The molecule has 190 valence electrons. The molecule has 10 heteroatoms. The van der Waals surface area contributed by atoms with E-state index in [1.807, 2.05) is 30.3 Å². The van der Waals surface area contributed by atoms with Gasteiger partial charge in [0.1, 0.15) is 23.9 Å². The number of aliphatic hydroxyl groups is 1. The van der Waals surface area contributed by atoms with Crippen molar-refractivity contribution in [1.82, 2.24) is 10.6 Å². The number of esters is 2. The summed E-state index contributed by atoms with van der Waals surface area (Å²) < 4.78 is 9.70. The molecule has 1 atom stereocenters. The van der Waals surface area contributed by atoms with Crippen LogP contribution in [0.25, 0.3) is 5.76 Å². The summed E-state index contributed by atoms with van der Waals surface area (Å²) in [7, 11) is 1.22. The minimum Gasteiger partial charge on any atom is -0.506 e. The van der Waals surface area contributed by atoms with Crippen LogP contribution in [0, 0.1) is 0 Å². The molecule has 0 fully saturated rings. The molecule has 2 aromatic carbocycles. The predicted octanol–water partition coefficient (Wildman–Crippen LogP) is 1.61. The Labute approximate surface area is 209 Å². The van der Waals surface area contributed by atoms with E-state index < -0.39 is 42.9 Å². The van der Waals surface area contributed by atoms with E-state index in [1.54, 1.807) is 37.3 Å². The molecule has 0 aliphatic carbocycles. The van der Waals surface area contributed by atoms with Crippen LogP contribution in [0.3, 0.4) is 0 Å². The van der Waals surface area contributed by atoms with Crippen molar-refractivity contribution < 1.29 is 33.8 Å². The molecule has 0 aromatic heterocycles. The van der Waals surface area contributed by atoms with Gasteiger partial charge < -0.3 is 25.2 Å². The van der Waals surface area contributed by atoms with Gasteiger partial charge in [-0.2, -0.15) is 0 Å². The van der Waals surface area contributed by atoms with Crippen molar-refractivity contribution in [2.24, 2.45) is 4.99 Å². The molecular weight excluding hydrogens is 466 g/mol. The number of aliphatic imine (C=N–C) groups is 1. The molecule has 0 radical (unpaired) electrons. The summed E-state index contributed by atoms with van der Waals surface area (Å²) in [6, 6.07) is 16.5. The summed E-state index contributed by atoms with van der Waals surface area (Å²) in [5.74, 6) is -2.95. The lowest BCUT2D eigenvalue weighted by Crippen LogP contribution is -2.47. The van der Waals surface area contributed by atoms with Gasteiger partial charge in [-0.05, 0) is 12.5 Å². The van der Waals surface area contributed by atoms with E-state index in [0.717, 1.165) is 11.8 Å². The van der Waals surface area contributed by atoms with Crippen LogP contribution in [0.15, 0.2) is 71.2 Å². The lowest BCUT2D eigenvalue weighted by atomic mass is 10.1. The maximum atomic E-state index is 12.3. The van der Waals surface area contributed by atoms with Gasteiger partial charge in [0, 0.05) is 18.2 Å². The molecule has 0 aliphatic heterocycles. The fourth-order valence-electron chi connectivity index (χ4n) is 3.06. The number of rotatable bonds is 12. The van der Waals surface area contributed by atoms with Crippen LogP contribution in [0.1, 0.15) is 18.1 Å². The monoisotopic (exact) mass is 495 g/mol. The van der Waals surface area contributed by atoms with Crippen molar-refractivity contribution in [3.8, 4) is 0 Å². The first-order chi connectivity index (χ1) is 17.3. The second kappa shape index (κ2) is 14.7. The van der Waals surface area contributed by atoms with E-state index >= 15 is 0 Å². The van der Waals surface area contributed by atoms with Crippen LogP contribution < -0.4 is 10.6 Å². The molecule has 2 aromatic rings. The lowest BCUT2D eigenvalue weighted by molar-refractivity contribution is -0.145. The minimum absolute atomic E-state index is 0.0880. The second-order valence-electron chi connectivity index (χ2n) is 7.43. The summed E-state index contributed by atoms with van der Waals surface area (Å²) in [6.07, 6.45) is 1.28. The highest BCUT2D eigenvalue weighted by Gasteiger charge is 2.22. The average Bonchev–Trinajstić information content (AvgIpc) is 2.90. The van der Waals surface area contributed by atoms with Gasteiger partial charge in [-0.1, -0.05) is 60.7 Å². The number of hydrogen-bond acceptors (Lipinski definition) is 8. The highest BCUT2D eigenvalue weighted by atomic mass is 16.5. The average molecular weight is 496 g/mol. The highest BCUT2D eigenvalue weighted by Crippen LogP contribution is 2.16. The third kappa shape index (κ3) is 9.05. The molecule has 3 N–H and O–H groups in total. The first-order valence-corrected chi connectivity index (χ1v) is 11.2. The van der Waals surface area contributed by atoms with E-state index in [2.05, 4.69) is 15.6 Å². The van der Waals surface area contributed by atoms with Crippen LogP contribution in [-0.4, -0.2) is 67.9 Å². The Balaban J connectivity index is 1.95. The zero-order valence-corrected chi connectivity index (χ0v) is 20.1. The number of amides is 2. The Bertz CT molecular complexity index is 1100. The summed E-state index contributed by atoms with van der Waals surface area (Å²) in [5, 5.41) is 15.4. The van der Waals surface area contributed by atoms with E-state index in [-0.39, 0.29) is 24.4 Å². The Kier molecular flexibility index (Phi) is 11.4. The predicted molar refractivity (Wildman–Crippen MR) is 133 cm³/mol. The van der Waals surface area contributed by atoms with Gasteiger partial charge in [0.2, 0.25) is 11.8 Å². The van der Waals surface area contributed by atoms with Crippen molar-refractivity contribution in [1.29, 1.82) is 0 Å². The van der Waals surface area contributed by atoms with Gasteiger partial charge in [-0.3, -0.25) is 14.6 Å². The number of methoxy groups -OCH3 is 1. The van der Waals surface area contributed by atoms with E-state index in [1.165, 1.54) is 7.11 Å². The SMILES string of the molecule is CCOC(=O)/C(C=NCC(=O)NCC(=O)N[C@@H](Cc1ccccc1)C(=O)OC)=C(/O)c1ccccc1. The maximum Gasteiger partial charge on any atom is 0.343 e. The quantitative estimate of drug-likeness (QED) is 0.176. The highest BCUT2D eigenvalue weighted by molar-refractivity contribution is 6.15. The van der Waals surface area contributed by atoms with Crippen LogP contribution in [0.2, 0.25) is 0 Å². The summed E-state index contributed by atoms with van der Waals surface area (Å²) in [5.41, 5.74) is 0.995. The Morgan fingerprint density at radius 1 is 1.00 bits per heavy atom. The fourth-order valence-corrected chi connectivity index (χ4v) is 3.06. The number of carbonyl (C=O) groups excluding carboxylic acids is 4. The molecular formula is C26H29N3O7. The van der Waals surface area contributed by atoms with Gasteiger partial charge >= 0.3 is 11.9 Å². The van der Waals surface area contributed by atoms with Crippen LogP contribution in [0.5, 0.6) is 0 Å². The van der Waals surface area contributed by atoms with Crippen molar-refractivity contribution >= 4 is 35.7 Å². The summed E-state index contributed by atoms with van der Waals surface area (Å²) >= 11 is 0. The van der Waals surface area contributed by atoms with Crippen molar-refractivity contribution in [3.63, 3.8) is 0 Å². The molecule has 2 amide bonds. The third-order valence-corrected chi connectivity index (χ3v) is 4.80. The Morgan fingerprint density at radius 3 is 2.25 bits per heavy atom. The molecule has 10 nitrogen and oxygen atoms in total. The van der Waals surface area contributed by atoms with E-state index in [4.69, 9.17) is 9.47 Å². The largest absolute Gasteiger partial charge is 0.506 e. The molecule has 0 saturated carbocycles.